The Morgan fingerprint density at radius 2 is 1.81 bits per heavy atom. The lowest BCUT2D eigenvalue weighted by Gasteiger charge is -2.20. The zero-order valence-electron chi connectivity index (χ0n) is 10.3. The van der Waals surface area contributed by atoms with Gasteiger partial charge in [0.25, 0.3) is 0 Å². The Morgan fingerprint density at radius 1 is 1.12 bits per heavy atom. The van der Waals surface area contributed by atoms with Crippen molar-refractivity contribution in [2.75, 3.05) is 18.0 Å². The van der Waals surface area contributed by atoms with E-state index >= 15 is 0 Å². The van der Waals surface area contributed by atoms with Crippen molar-refractivity contribution in [3.63, 3.8) is 0 Å². The molecule has 16 heavy (non-hydrogen) atoms. The largest absolute Gasteiger partial charge is 0.343 e. The van der Waals surface area contributed by atoms with E-state index < -0.39 is 0 Å². The average Bonchev–Trinajstić information content (AvgIpc) is 2.69. The molecule has 0 N–H and O–H groups in total. The van der Waals surface area contributed by atoms with E-state index in [0.29, 0.717) is 0 Å². The smallest absolute Gasteiger partial charge is 0.206 e. The van der Waals surface area contributed by atoms with E-state index in [-0.39, 0.29) is 0 Å². The van der Waals surface area contributed by atoms with Crippen LogP contribution in [0.2, 0.25) is 0 Å². The van der Waals surface area contributed by atoms with E-state index in [1.54, 1.807) is 0 Å². The Morgan fingerprint density at radius 3 is 2.44 bits per heavy atom. The molecule has 0 amide bonds. The molecule has 0 unspecified atom stereocenters. The fraction of sp³-hybridized carbons (Fsp3) is 0.462. The highest BCUT2D eigenvalue weighted by Crippen LogP contribution is 2.22. The summed E-state index contributed by atoms with van der Waals surface area (Å²) >= 11 is 0. The summed E-state index contributed by atoms with van der Waals surface area (Å²) in [5, 5.41) is 0. The van der Waals surface area contributed by atoms with Crippen LogP contribution in [0, 0.1) is 0 Å². The molecular formula is C13H19N3. The summed E-state index contributed by atoms with van der Waals surface area (Å²) < 4.78 is 2.28. The van der Waals surface area contributed by atoms with Crippen LogP contribution in [0.15, 0.2) is 24.3 Å². The minimum atomic E-state index is 0.965. The SMILES string of the molecule is CCN(CC)c1nc2ccccc2n1CC. The van der Waals surface area contributed by atoms with Crippen LogP contribution < -0.4 is 4.90 Å². The maximum absolute atomic E-state index is 4.71. The van der Waals surface area contributed by atoms with Crippen molar-refractivity contribution in [2.45, 2.75) is 27.3 Å². The van der Waals surface area contributed by atoms with Gasteiger partial charge < -0.3 is 9.47 Å². The number of benzene rings is 1. The van der Waals surface area contributed by atoms with Gasteiger partial charge in [-0.2, -0.15) is 0 Å². The standard InChI is InChI=1S/C13H19N3/c1-4-15(5-2)13-14-11-9-7-8-10-12(11)16(13)6-3/h7-10H,4-6H2,1-3H3. The molecular weight excluding hydrogens is 198 g/mol. The molecule has 1 heterocycles. The molecule has 1 aromatic carbocycles. The Hall–Kier alpha value is -1.51. The van der Waals surface area contributed by atoms with Gasteiger partial charge >= 0.3 is 0 Å². The number of hydrogen-bond donors (Lipinski definition) is 0. The van der Waals surface area contributed by atoms with E-state index in [2.05, 4.69) is 48.4 Å². The highest BCUT2D eigenvalue weighted by Gasteiger charge is 2.12. The fourth-order valence-electron chi connectivity index (χ4n) is 2.12. The van der Waals surface area contributed by atoms with Crippen LogP contribution in [0.3, 0.4) is 0 Å². The van der Waals surface area contributed by atoms with Gasteiger partial charge in [0.2, 0.25) is 5.95 Å². The van der Waals surface area contributed by atoms with Crippen molar-refractivity contribution < 1.29 is 0 Å². The monoisotopic (exact) mass is 217 g/mol. The molecule has 2 rings (SSSR count). The number of aryl methyl sites for hydroxylation is 1. The van der Waals surface area contributed by atoms with Crippen molar-refractivity contribution in [2.24, 2.45) is 0 Å². The van der Waals surface area contributed by atoms with E-state index in [1.165, 1.54) is 5.52 Å². The van der Waals surface area contributed by atoms with Gasteiger partial charge in [0.1, 0.15) is 0 Å². The molecule has 0 radical (unpaired) electrons. The number of para-hydroxylation sites is 2. The molecule has 0 bridgehead atoms. The van der Waals surface area contributed by atoms with Crippen LogP contribution in [0.25, 0.3) is 11.0 Å². The highest BCUT2D eigenvalue weighted by molar-refractivity contribution is 5.78. The maximum Gasteiger partial charge on any atom is 0.206 e. The number of anilines is 1. The Labute approximate surface area is 96.7 Å². The molecule has 3 nitrogen and oxygen atoms in total. The second-order valence-electron chi connectivity index (χ2n) is 3.82. The maximum atomic E-state index is 4.71. The van der Waals surface area contributed by atoms with E-state index in [4.69, 9.17) is 4.98 Å². The molecule has 0 aliphatic carbocycles. The van der Waals surface area contributed by atoms with Crippen LogP contribution in [-0.4, -0.2) is 22.6 Å². The van der Waals surface area contributed by atoms with E-state index in [0.717, 1.165) is 31.1 Å². The second kappa shape index (κ2) is 4.56. The third-order valence-corrected chi connectivity index (χ3v) is 3.00. The summed E-state index contributed by atoms with van der Waals surface area (Å²) in [5.41, 5.74) is 2.32. The fourth-order valence-corrected chi connectivity index (χ4v) is 2.12. The summed E-state index contributed by atoms with van der Waals surface area (Å²) in [6.07, 6.45) is 0. The molecule has 86 valence electrons. The molecule has 0 saturated carbocycles. The zero-order chi connectivity index (χ0) is 11.5. The van der Waals surface area contributed by atoms with Gasteiger partial charge in [-0.05, 0) is 32.9 Å². The van der Waals surface area contributed by atoms with E-state index in [1.807, 2.05) is 6.07 Å². The molecule has 0 fully saturated rings. The molecule has 1 aromatic heterocycles. The highest BCUT2D eigenvalue weighted by atomic mass is 15.3. The molecule has 0 aliphatic rings. The Bertz CT molecular complexity index is 469. The first-order valence-electron chi connectivity index (χ1n) is 6.02. The summed E-state index contributed by atoms with van der Waals surface area (Å²) in [6, 6.07) is 8.33. The second-order valence-corrected chi connectivity index (χ2v) is 3.82. The van der Waals surface area contributed by atoms with Gasteiger partial charge in [-0.15, -0.1) is 0 Å². The first kappa shape index (κ1) is 11.0. The lowest BCUT2D eigenvalue weighted by atomic mass is 10.3. The van der Waals surface area contributed by atoms with Crippen LogP contribution in [0.4, 0.5) is 5.95 Å². The first-order valence-corrected chi connectivity index (χ1v) is 6.02. The first-order chi connectivity index (χ1) is 7.81. The van der Waals surface area contributed by atoms with Gasteiger partial charge in [-0.1, -0.05) is 12.1 Å². The van der Waals surface area contributed by atoms with Gasteiger partial charge in [0.05, 0.1) is 11.0 Å². The molecule has 0 spiro atoms. The van der Waals surface area contributed by atoms with Crippen LogP contribution in [-0.2, 0) is 6.54 Å². The van der Waals surface area contributed by atoms with E-state index in [9.17, 15) is 0 Å². The van der Waals surface area contributed by atoms with Crippen LogP contribution >= 0.6 is 0 Å². The summed E-state index contributed by atoms with van der Waals surface area (Å²) in [4.78, 5) is 7.01. The lowest BCUT2D eigenvalue weighted by molar-refractivity contribution is 0.727. The minimum Gasteiger partial charge on any atom is -0.343 e. The zero-order valence-corrected chi connectivity index (χ0v) is 10.3. The quantitative estimate of drug-likeness (QED) is 0.785. The molecule has 2 aromatic rings. The Kier molecular flexibility index (Phi) is 3.13. The third-order valence-electron chi connectivity index (χ3n) is 3.00. The van der Waals surface area contributed by atoms with Gasteiger partial charge in [-0.3, -0.25) is 0 Å². The number of fused-ring (bicyclic) bond motifs is 1. The number of imidazole rings is 1. The van der Waals surface area contributed by atoms with Crippen molar-refractivity contribution in [1.29, 1.82) is 0 Å². The van der Waals surface area contributed by atoms with Gasteiger partial charge in [0.15, 0.2) is 0 Å². The van der Waals surface area contributed by atoms with Crippen LogP contribution in [0.1, 0.15) is 20.8 Å². The number of aromatic nitrogens is 2. The summed E-state index contributed by atoms with van der Waals surface area (Å²) in [7, 11) is 0. The molecule has 0 aliphatic heterocycles. The van der Waals surface area contributed by atoms with Crippen molar-refractivity contribution in [3.8, 4) is 0 Å². The summed E-state index contributed by atoms with van der Waals surface area (Å²) in [6.45, 7) is 9.47. The number of nitrogens with zero attached hydrogens (tertiary/aromatic N) is 3. The Balaban J connectivity index is 2.60. The topological polar surface area (TPSA) is 21.1 Å². The van der Waals surface area contributed by atoms with Gasteiger partial charge in [0, 0.05) is 19.6 Å². The molecule has 0 atom stereocenters. The average molecular weight is 217 g/mol. The predicted octanol–water partition coefficient (Wildman–Crippen LogP) is 2.90. The minimum absolute atomic E-state index is 0.965. The van der Waals surface area contributed by atoms with Crippen LogP contribution in [0.5, 0.6) is 0 Å². The lowest BCUT2D eigenvalue weighted by Crippen LogP contribution is -2.25. The molecule has 0 saturated heterocycles. The van der Waals surface area contributed by atoms with Crippen molar-refractivity contribution in [3.05, 3.63) is 24.3 Å². The predicted molar refractivity (Wildman–Crippen MR) is 69.0 cm³/mol. The van der Waals surface area contributed by atoms with Crippen molar-refractivity contribution in [1.82, 2.24) is 9.55 Å². The molecule has 3 heteroatoms. The number of hydrogen-bond acceptors (Lipinski definition) is 2. The third kappa shape index (κ3) is 1.66. The normalized spacial score (nSPS) is 10.9. The number of rotatable bonds is 4. The summed E-state index contributed by atoms with van der Waals surface area (Å²) in [5.74, 6) is 1.09. The van der Waals surface area contributed by atoms with Gasteiger partial charge in [-0.25, -0.2) is 4.98 Å². The van der Waals surface area contributed by atoms with Crippen molar-refractivity contribution >= 4 is 17.0 Å².